The van der Waals surface area contributed by atoms with E-state index in [-0.39, 0.29) is 23.3 Å². The van der Waals surface area contributed by atoms with E-state index in [1.807, 2.05) is 12.1 Å². The zero-order chi connectivity index (χ0) is 20.9. The number of halogens is 1. The van der Waals surface area contributed by atoms with Crippen LogP contribution in [0, 0.1) is 10.1 Å². The average molecular weight is 450 g/mol. The van der Waals surface area contributed by atoms with E-state index in [1.165, 1.54) is 18.2 Å². The van der Waals surface area contributed by atoms with Gasteiger partial charge in [-0.2, -0.15) is 0 Å². The number of amides is 2. The van der Waals surface area contributed by atoms with E-state index in [0.29, 0.717) is 10.2 Å². The first-order valence-corrected chi connectivity index (χ1v) is 9.13. The molecule has 0 bridgehead atoms. The molecule has 2 aromatic carbocycles. The van der Waals surface area contributed by atoms with E-state index in [4.69, 9.17) is 4.74 Å². The highest BCUT2D eigenvalue weighted by atomic mass is 79.9. The van der Waals surface area contributed by atoms with Crippen LogP contribution in [0.2, 0.25) is 0 Å². The van der Waals surface area contributed by atoms with E-state index in [0.717, 1.165) is 11.6 Å². The van der Waals surface area contributed by atoms with Crippen molar-refractivity contribution >= 4 is 33.4 Å². The Hall–Kier alpha value is -2.94. The van der Waals surface area contributed by atoms with Gasteiger partial charge in [-0.3, -0.25) is 30.6 Å². The summed E-state index contributed by atoms with van der Waals surface area (Å²) in [6.07, 6.45) is 0. The van der Waals surface area contributed by atoms with Gasteiger partial charge >= 0.3 is 0 Å². The number of hydrogen-bond donors (Lipinski definition) is 2. The Morgan fingerprint density at radius 1 is 1.14 bits per heavy atom. The van der Waals surface area contributed by atoms with Crippen molar-refractivity contribution in [2.45, 2.75) is 26.2 Å². The monoisotopic (exact) mass is 449 g/mol. The predicted molar refractivity (Wildman–Crippen MR) is 107 cm³/mol. The quantitative estimate of drug-likeness (QED) is 0.535. The van der Waals surface area contributed by atoms with Crippen molar-refractivity contribution in [1.29, 1.82) is 0 Å². The molecule has 148 valence electrons. The molecular weight excluding hydrogens is 430 g/mol. The van der Waals surface area contributed by atoms with E-state index < -0.39 is 16.7 Å². The molecule has 0 saturated heterocycles. The summed E-state index contributed by atoms with van der Waals surface area (Å²) in [6.45, 7) is 5.95. The van der Waals surface area contributed by atoms with Gasteiger partial charge in [0.25, 0.3) is 17.5 Å². The Labute approximate surface area is 170 Å². The number of nitro benzene ring substituents is 1. The number of rotatable bonds is 5. The number of non-ortho nitro benzene ring substituents is 1. The second-order valence-electron chi connectivity index (χ2n) is 6.99. The molecule has 0 aromatic heterocycles. The summed E-state index contributed by atoms with van der Waals surface area (Å²) < 4.78 is 6.17. The van der Waals surface area contributed by atoms with Crippen LogP contribution in [0.15, 0.2) is 46.9 Å². The molecule has 2 rings (SSSR count). The topological polar surface area (TPSA) is 111 Å². The van der Waals surface area contributed by atoms with Gasteiger partial charge in [0.15, 0.2) is 6.61 Å². The molecule has 0 fully saturated rings. The summed E-state index contributed by atoms with van der Waals surface area (Å²) in [5.74, 6) is -0.758. The molecule has 2 N–H and O–H groups in total. The lowest BCUT2D eigenvalue weighted by Crippen LogP contribution is -2.43. The van der Waals surface area contributed by atoms with Crippen molar-refractivity contribution in [2.24, 2.45) is 0 Å². The van der Waals surface area contributed by atoms with Gasteiger partial charge in [-0.25, -0.2) is 0 Å². The fourth-order valence-electron chi connectivity index (χ4n) is 2.22. The summed E-state index contributed by atoms with van der Waals surface area (Å²) in [5.41, 5.74) is 5.33. The van der Waals surface area contributed by atoms with E-state index in [1.54, 1.807) is 6.07 Å². The number of nitro groups is 1. The number of hydrazine groups is 1. The maximum absolute atomic E-state index is 12.0. The molecule has 0 unspecified atom stereocenters. The highest BCUT2D eigenvalue weighted by Gasteiger charge is 2.16. The first-order chi connectivity index (χ1) is 13.1. The van der Waals surface area contributed by atoms with Gasteiger partial charge in [0.2, 0.25) is 0 Å². The SMILES string of the molecule is CC(C)(C)c1ccc(OCC(=O)NNC(=O)c2cccc([N+](=O)[O-])c2)c(Br)c1. The van der Waals surface area contributed by atoms with Crippen LogP contribution in [0.5, 0.6) is 5.75 Å². The summed E-state index contributed by atoms with van der Waals surface area (Å²) in [7, 11) is 0. The van der Waals surface area contributed by atoms with Gasteiger partial charge in [-0.15, -0.1) is 0 Å². The number of ether oxygens (including phenoxy) is 1. The maximum Gasteiger partial charge on any atom is 0.276 e. The summed E-state index contributed by atoms with van der Waals surface area (Å²) in [4.78, 5) is 34.0. The number of carbonyl (C=O) groups is 2. The zero-order valence-corrected chi connectivity index (χ0v) is 17.2. The minimum Gasteiger partial charge on any atom is -0.483 e. The van der Waals surface area contributed by atoms with Crippen molar-refractivity contribution in [3.63, 3.8) is 0 Å². The van der Waals surface area contributed by atoms with E-state index >= 15 is 0 Å². The van der Waals surface area contributed by atoms with E-state index in [9.17, 15) is 19.7 Å². The normalized spacial score (nSPS) is 10.9. The summed E-state index contributed by atoms with van der Waals surface area (Å²) >= 11 is 3.42. The van der Waals surface area contributed by atoms with E-state index in [2.05, 4.69) is 47.6 Å². The lowest BCUT2D eigenvalue weighted by molar-refractivity contribution is -0.384. The Kier molecular flexibility index (Phi) is 6.74. The van der Waals surface area contributed by atoms with Crippen molar-refractivity contribution in [3.05, 3.63) is 68.2 Å². The molecule has 0 aliphatic rings. The highest BCUT2D eigenvalue weighted by Crippen LogP contribution is 2.31. The minimum atomic E-state index is -0.673. The second-order valence-corrected chi connectivity index (χ2v) is 7.85. The Morgan fingerprint density at radius 2 is 1.86 bits per heavy atom. The van der Waals surface area contributed by atoms with Crippen LogP contribution in [0.1, 0.15) is 36.7 Å². The van der Waals surface area contributed by atoms with Gasteiger partial charge < -0.3 is 4.74 Å². The number of benzene rings is 2. The molecule has 0 spiro atoms. The number of nitrogens with one attached hydrogen (secondary N) is 2. The fourth-order valence-corrected chi connectivity index (χ4v) is 2.72. The van der Waals surface area contributed by atoms with Crippen molar-refractivity contribution < 1.29 is 19.2 Å². The molecule has 0 saturated carbocycles. The van der Waals surface area contributed by atoms with Crippen LogP contribution < -0.4 is 15.6 Å². The lowest BCUT2D eigenvalue weighted by Gasteiger charge is -2.20. The van der Waals surface area contributed by atoms with Gasteiger partial charge in [-0.1, -0.05) is 32.9 Å². The van der Waals surface area contributed by atoms with Gasteiger partial charge in [0.1, 0.15) is 5.75 Å². The molecule has 0 aliphatic heterocycles. The van der Waals surface area contributed by atoms with Gasteiger partial charge in [0, 0.05) is 17.7 Å². The maximum atomic E-state index is 12.0. The van der Waals surface area contributed by atoms with Crippen LogP contribution in [-0.4, -0.2) is 23.3 Å². The third-order valence-electron chi connectivity index (χ3n) is 3.79. The smallest absolute Gasteiger partial charge is 0.276 e. The van der Waals surface area contributed by atoms with Gasteiger partial charge in [0.05, 0.1) is 9.40 Å². The van der Waals surface area contributed by atoms with Crippen LogP contribution in [0.25, 0.3) is 0 Å². The Bertz CT molecular complexity index is 909. The third kappa shape index (κ3) is 5.78. The molecule has 9 heteroatoms. The van der Waals surface area contributed by atoms with Crippen LogP contribution in [0.3, 0.4) is 0 Å². The molecule has 0 aliphatic carbocycles. The number of nitrogens with zero attached hydrogens (tertiary/aromatic N) is 1. The lowest BCUT2D eigenvalue weighted by atomic mass is 9.87. The second kappa shape index (κ2) is 8.83. The molecule has 28 heavy (non-hydrogen) atoms. The van der Waals surface area contributed by atoms with Crippen LogP contribution >= 0.6 is 15.9 Å². The third-order valence-corrected chi connectivity index (χ3v) is 4.41. The zero-order valence-electron chi connectivity index (χ0n) is 15.6. The molecule has 0 radical (unpaired) electrons. The molecule has 0 atom stereocenters. The highest BCUT2D eigenvalue weighted by molar-refractivity contribution is 9.10. The predicted octanol–water partition coefficient (Wildman–Crippen LogP) is 3.49. The first-order valence-electron chi connectivity index (χ1n) is 8.34. The number of carbonyl (C=O) groups excluding carboxylic acids is 2. The number of hydrogen-bond acceptors (Lipinski definition) is 5. The van der Waals surface area contributed by atoms with Crippen molar-refractivity contribution in [3.8, 4) is 5.75 Å². The Balaban J connectivity index is 1.89. The van der Waals surface area contributed by atoms with Gasteiger partial charge in [-0.05, 0) is 45.1 Å². The average Bonchev–Trinajstić information content (AvgIpc) is 2.64. The summed E-state index contributed by atoms with van der Waals surface area (Å²) in [5, 5.41) is 10.7. The molecular formula is C19H20BrN3O5. The van der Waals surface area contributed by atoms with Crippen LogP contribution in [-0.2, 0) is 10.2 Å². The molecule has 2 amide bonds. The van der Waals surface area contributed by atoms with Crippen molar-refractivity contribution in [2.75, 3.05) is 6.61 Å². The largest absolute Gasteiger partial charge is 0.483 e. The first kappa shape index (κ1) is 21.4. The molecule has 2 aromatic rings. The Morgan fingerprint density at radius 3 is 2.46 bits per heavy atom. The summed E-state index contributed by atoms with van der Waals surface area (Å²) in [6, 6.07) is 10.8. The standard InChI is InChI=1S/C19H20BrN3O5/c1-19(2,3)13-7-8-16(15(20)10-13)28-11-17(24)21-22-18(25)12-5-4-6-14(9-12)23(26)27/h4-10H,11H2,1-3H3,(H,21,24)(H,22,25). The molecule has 8 nitrogen and oxygen atoms in total. The van der Waals surface area contributed by atoms with Crippen LogP contribution in [0.4, 0.5) is 5.69 Å². The fraction of sp³-hybridized carbons (Fsp3) is 0.263. The van der Waals surface area contributed by atoms with Crippen molar-refractivity contribution in [1.82, 2.24) is 10.9 Å². The minimum absolute atomic E-state index is 0.0186. The molecule has 0 heterocycles.